The van der Waals surface area contributed by atoms with Gasteiger partial charge in [-0.05, 0) is 32.9 Å². The second kappa shape index (κ2) is 6.33. The van der Waals surface area contributed by atoms with Gasteiger partial charge in [0.1, 0.15) is 5.75 Å². The summed E-state index contributed by atoms with van der Waals surface area (Å²) in [5.41, 5.74) is -0.482. The summed E-state index contributed by atoms with van der Waals surface area (Å²) in [6.45, 7) is 5.26. The van der Waals surface area contributed by atoms with Crippen molar-refractivity contribution >= 4 is 17.6 Å². The molecule has 0 N–H and O–H groups in total. The summed E-state index contributed by atoms with van der Waals surface area (Å²) in [5, 5.41) is 0. The lowest BCUT2D eigenvalue weighted by Crippen LogP contribution is -2.35. The fourth-order valence-corrected chi connectivity index (χ4v) is 2.17. The summed E-state index contributed by atoms with van der Waals surface area (Å²) in [6, 6.07) is 5.13. The minimum Gasteiger partial charge on any atom is -0.452 e. The van der Waals surface area contributed by atoms with E-state index in [0.29, 0.717) is 0 Å². The monoisotopic (exact) mass is 345 g/mol. The molecule has 8 heteroatoms. The van der Waals surface area contributed by atoms with Crippen LogP contribution in [0.25, 0.3) is 0 Å². The lowest BCUT2D eigenvalue weighted by Gasteiger charge is -2.21. The molecule has 1 fully saturated rings. The largest absolute Gasteiger partial charge is 0.573 e. The van der Waals surface area contributed by atoms with Crippen LogP contribution in [0.4, 0.5) is 18.9 Å². The van der Waals surface area contributed by atoms with E-state index < -0.39 is 35.5 Å². The Labute approximate surface area is 137 Å². The van der Waals surface area contributed by atoms with Crippen LogP contribution in [0.3, 0.4) is 0 Å². The van der Waals surface area contributed by atoms with Crippen LogP contribution in [0.5, 0.6) is 5.75 Å². The number of nitrogens with zero attached hydrogens (tertiary/aromatic N) is 1. The van der Waals surface area contributed by atoms with E-state index in [0.717, 1.165) is 12.1 Å². The first-order valence-electron chi connectivity index (χ1n) is 7.36. The molecule has 0 spiro atoms. The molecule has 1 heterocycles. The first-order chi connectivity index (χ1) is 11.0. The van der Waals surface area contributed by atoms with Crippen LogP contribution in [0.1, 0.15) is 27.2 Å². The third-order valence-electron chi connectivity index (χ3n) is 3.38. The van der Waals surface area contributed by atoms with E-state index in [1.54, 1.807) is 20.8 Å². The number of carbonyl (C=O) groups excluding carboxylic acids is 2. The normalized spacial score (nSPS) is 18.7. The molecule has 0 saturated carbocycles. The van der Waals surface area contributed by atoms with Gasteiger partial charge in [-0.1, -0.05) is 6.07 Å². The molecule has 1 amide bonds. The number of ether oxygens (including phenoxy) is 2. The average Bonchev–Trinajstić information content (AvgIpc) is 2.77. The van der Waals surface area contributed by atoms with Crippen molar-refractivity contribution in [3.05, 3.63) is 24.3 Å². The number of esters is 1. The van der Waals surface area contributed by atoms with Crippen molar-refractivity contribution in [3.8, 4) is 5.75 Å². The van der Waals surface area contributed by atoms with Gasteiger partial charge in [-0.2, -0.15) is 0 Å². The van der Waals surface area contributed by atoms with Gasteiger partial charge in [0.05, 0.1) is 5.41 Å². The summed E-state index contributed by atoms with van der Waals surface area (Å²) in [5.74, 6) is -1.38. The van der Waals surface area contributed by atoms with E-state index in [1.165, 1.54) is 17.0 Å². The van der Waals surface area contributed by atoms with Crippen molar-refractivity contribution in [2.45, 2.75) is 39.7 Å². The molecule has 0 radical (unpaired) electrons. The van der Waals surface area contributed by atoms with Crippen LogP contribution in [-0.2, 0) is 14.3 Å². The third-order valence-corrected chi connectivity index (χ3v) is 3.38. The van der Waals surface area contributed by atoms with E-state index in [-0.39, 0.29) is 18.7 Å². The Balaban J connectivity index is 2.10. The predicted molar refractivity (Wildman–Crippen MR) is 79.4 cm³/mol. The van der Waals surface area contributed by atoms with Crippen LogP contribution in [0, 0.1) is 5.41 Å². The highest BCUT2D eigenvalue weighted by molar-refractivity contribution is 6.00. The molecule has 2 rings (SSSR count). The Kier molecular flexibility index (Phi) is 4.77. The number of rotatable bonds is 3. The molecule has 24 heavy (non-hydrogen) atoms. The van der Waals surface area contributed by atoms with Gasteiger partial charge in [0.15, 0.2) is 6.10 Å². The molecule has 1 aromatic rings. The zero-order valence-corrected chi connectivity index (χ0v) is 13.5. The first kappa shape index (κ1) is 18.1. The van der Waals surface area contributed by atoms with Gasteiger partial charge >= 0.3 is 12.3 Å². The molecule has 5 nitrogen and oxygen atoms in total. The van der Waals surface area contributed by atoms with Crippen LogP contribution in [0.15, 0.2) is 24.3 Å². The SMILES string of the molecule is CC(C)(C)C(=O)O[C@@H]1CCN(c2cccc(OC(F)(F)F)c2)C1=O. The fourth-order valence-electron chi connectivity index (χ4n) is 2.17. The summed E-state index contributed by atoms with van der Waals surface area (Å²) in [6.07, 6.45) is -5.45. The molecule has 1 saturated heterocycles. The fraction of sp³-hybridized carbons (Fsp3) is 0.500. The minimum absolute atomic E-state index is 0.246. The van der Waals surface area contributed by atoms with Gasteiger partial charge in [0.2, 0.25) is 0 Å². The maximum Gasteiger partial charge on any atom is 0.573 e. The summed E-state index contributed by atoms with van der Waals surface area (Å²) >= 11 is 0. The molecular weight excluding hydrogens is 327 g/mol. The van der Waals surface area contributed by atoms with Gasteiger partial charge in [0.25, 0.3) is 5.91 Å². The van der Waals surface area contributed by atoms with Gasteiger partial charge in [-0.15, -0.1) is 13.2 Å². The molecule has 0 bridgehead atoms. The van der Waals surface area contributed by atoms with Gasteiger partial charge in [-0.3, -0.25) is 9.59 Å². The van der Waals surface area contributed by atoms with E-state index in [4.69, 9.17) is 4.74 Å². The molecule has 1 atom stereocenters. The molecule has 1 aromatic carbocycles. The number of alkyl halides is 3. The molecule has 1 aliphatic heterocycles. The van der Waals surface area contributed by atoms with Crippen LogP contribution in [-0.4, -0.2) is 30.9 Å². The first-order valence-corrected chi connectivity index (χ1v) is 7.36. The molecule has 1 aliphatic rings. The molecular formula is C16H18F3NO4. The van der Waals surface area contributed by atoms with Gasteiger partial charge < -0.3 is 14.4 Å². The van der Waals surface area contributed by atoms with Crippen LogP contribution >= 0.6 is 0 Å². The Bertz CT molecular complexity index is 637. The maximum absolute atomic E-state index is 12.4. The zero-order chi connectivity index (χ0) is 18.1. The van der Waals surface area contributed by atoms with Crippen molar-refractivity contribution in [1.29, 1.82) is 0 Å². The van der Waals surface area contributed by atoms with Crippen molar-refractivity contribution in [2.75, 3.05) is 11.4 Å². The van der Waals surface area contributed by atoms with Crippen molar-refractivity contribution in [2.24, 2.45) is 5.41 Å². The van der Waals surface area contributed by atoms with Gasteiger partial charge in [-0.25, -0.2) is 0 Å². The number of anilines is 1. The molecule has 0 aliphatic carbocycles. The number of carbonyl (C=O) groups is 2. The number of amides is 1. The highest BCUT2D eigenvalue weighted by Crippen LogP contribution is 2.30. The molecule has 0 unspecified atom stereocenters. The summed E-state index contributed by atoms with van der Waals surface area (Å²) in [7, 11) is 0. The number of hydrogen-bond donors (Lipinski definition) is 0. The summed E-state index contributed by atoms with van der Waals surface area (Å²) in [4.78, 5) is 25.5. The number of halogens is 3. The Hall–Kier alpha value is -2.25. The summed E-state index contributed by atoms with van der Waals surface area (Å²) < 4.78 is 45.9. The zero-order valence-electron chi connectivity index (χ0n) is 13.5. The quantitative estimate of drug-likeness (QED) is 0.789. The predicted octanol–water partition coefficient (Wildman–Crippen LogP) is 3.28. The Morgan fingerprint density at radius 1 is 1.25 bits per heavy atom. The van der Waals surface area contributed by atoms with Crippen molar-refractivity contribution in [3.63, 3.8) is 0 Å². The van der Waals surface area contributed by atoms with E-state index in [2.05, 4.69) is 4.74 Å². The number of benzene rings is 1. The highest BCUT2D eigenvalue weighted by Gasteiger charge is 2.38. The third kappa shape index (κ3) is 4.39. The maximum atomic E-state index is 12.4. The highest BCUT2D eigenvalue weighted by atomic mass is 19.4. The van der Waals surface area contributed by atoms with Crippen LogP contribution < -0.4 is 9.64 Å². The van der Waals surface area contributed by atoms with E-state index in [1.807, 2.05) is 0 Å². The van der Waals surface area contributed by atoms with Crippen molar-refractivity contribution < 1.29 is 32.2 Å². The second-order valence-electron chi connectivity index (χ2n) is 6.47. The van der Waals surface area contributed by atoms with E-state index in [9.17, 15) is 22.8 Å². The lowest BCUT2D eigenvalue weighted by molar-refractivity contribution is -0.274. The number of hydrogen-bond acceptors (Lipinski definition) is 4. The Morgan fingerprint density at radius 3 is 2.50 bits per heavy atom. The standard InChI is InChI=1S/C16H18F3NO4/c1-15(2,3)14(22)23-12-7-8-20(13(12)21)10-5-4-6-11(9-10)24-16(17,18)19/h4-6,9,12H,7-8H2,1-3H3/t12-/m1/s1. The smallest absolute Gasteiger partial charge is 0.452 e. The van der Waals surface area contributed by atoms with E-state index >= 15 is 0 Å². The Morgan fingerprint density at radius 2 is 1.92 bits per heavy atom. The molecule has 132 valence electrons. The lowest BCUT2D eigenvalue weighted by atomic mass is 9.97. The van der Waals surface area contributed by atoms with Crippen molar-refractivity contribution in [1.82, 2.24) is 0 Å². The molecule has 0 aromatic heterocycles. The van der Waals surface area contributed by atoms with Crippen LogP contribution in [0.2, 0.25) is 0 Å². The second-order valence-corrected chi connectivity index (χ2v) is 6.47. The topological polar surface area (TPSA) is 55.8 Å². The van der Waals surface area contributed by atoms with Gasteiger partial charge in [0, 0.05) is 24.7 Å². The average molecular weight is 345 g/mol. The minimum atomic E-state index is -4.81.